The predicted octanol–water partition coefficient (Wildman–Crippen LogP) is 3.50. The first-order valence-corrected chi connectivity index (χ1v) is 6.85. The van der Waals surface area contributed by atoms with Crippen molar-refractivity contribution in [2.45, 2.75) is 12.8 Å². The lowest BCUT2D eigenvalue weighted by Gasteiger charge is -2.05. The van der Waals surface area contributed by atoms with Crippen molar-refractivity contribution < 1.29 is 4.79 Å². The Morgan fingerprint density at radius 1 is 1.11 bits per heavy atom. The zero-order chi connectivity index (χ0) is 12.6. The first-order valence-electron chi connectivity index (χ1n) is 5.97. The highest BCUT2D eigenvalue weighted by Gasteiger charge is 2.00. The van der Waals surface area contributed by atoms with Crippen LogP contribution in [-0.2, 0) is 6.42 Å². The van der Waals surface area contributed by atoms with Crippen LogP contribution in [0.2, 0.25) is 0 Å². The largest absolute Gasteiger partial charge is 0.338 e. The first-order chi connectivity index (χ1) is 8.84. The Kier molecular flexibility index (Phi) is 4.78. The molecule has 0 aliphatic rings. The monoisotopic (exact) mass is 260 g/mol. The van der Waals surface area contributed by atoms with Crippen molar-refractivity contribution in [1.82, 2.24) is 5.32 Å². The number of benzene rings is 1. The van der Waals surface area contributed by atoms with E-state index in [1.165, 1.54) is 16.9 Å². The third-order valence-electron chi connectivity index (χ3n) is 2.53. The molecule has 2 N–H and O–H groups in total. The Bertz CT molecular complexity index is 468. The molecule has 2 aromatic rings. The van der Waals surface area contributed by atoms with Gasteiger partial charge in [0.25, 0.3) is 0 Å². The van der Waals surface area contributed by atoms with Gasteiger partial charge in [0, 0.05) is 6.54 Å². The van der Waals surface area contributed by atoms with Gasteiger partial charge in [-0.3, -0.25) is 5.32 Å². The second-order valence-electron chi connectivity index (χ2n) is 3.95. The number of aryl methyl sites for hydroxylation is 1. The van der Waals surface area contributed by atoms with Crippen LogP contribution in [0.1, 0.15) is 12.0 Å². The zero-order valence-electron chi connectivity index (χ0n) is 10.1. The molecule has 0 atom stereocenters. The summed E-state index contributed by atoms with van der Waals surface area (Å²) in [5.41, 5.74) is 1.30. The maximum absolute atomic E-state index is 11.5. The summed E-state index contributed by atoms with van der Waals surface area (Å²) < 4.78 is 0. The minimum absolute atomic E-state index is 0.134. The topological polar surface area (TPSA) is 41.1 Å². The van der Waals surface area contributed by atoms with Crippen molar-refractivity contribution in [1.29, 1.82) is 0 Å². The van der Waals surface area contributed by atoms with E-state index in [9.17, 15) is 4.79 Å². The number of hydrogen-bond acceptors (Lipinski definition) is 2. The van der Waals surface area contributed by atoms with Gasteiger partial charge in [0.05, 0.1) is 5.00 Å². The van der Waals surface area contributed by atoms with Crippen LogP contribution < -0.4 is 10.6 Å². The highest BCUT2D eigenvalue weighted by Crippen LogP contribution is 2.14. The molecule has 1 heterocycles. The van der Waals surface area contributed by atoms with Gasteiger partial charge in [0.2, 0.25) is 0 Å². The van der Waals surface area contributed by atoms with E-state index in [0.29, 0.717) is 6.54 Å². The molecule has 0 aliphatic heterocycles. The zero-order valence-corrected chi connectivity index (χ0v) is 10.9. The second kappa shape index (κ2) is 6.81. The molecule has 1 aromatic carbocycles. The van der Waals surface area contributed by atoms with E-state index in [2.05, 4.69) is 22.8 Å². The van der Waals surface area contributed by atoms with Gasteiger partial charge in [-0.1, -0.05) is 30.3 Å². The van der Waals surface area contributed by atoms with Crippen LogP contribution in [0.3, 0.4) is 0 Å². The van der Waals surface area contributed by atoms with E-state index in [1.54, 1.807) is 0 Å². The fraction of sp³-hybridized carbons (Fsp3) is 0.214. The fourth-order valence-corrected chi connectivity index (χ4v) is 2.26. The van der Waals surface area contributed by atoms with Crippen molar-refractivity contribution in [3.63, 3.8) is 0 Å². The SMILES string of the molecule is O=C(NCCCc1ccccc1)Nc1cccs1. The summed E-state index contributed by atoms with van der Waals surface area (Å²) in [6.45, 7) is 0.687. The van der Waals surface area contributed by atoms with Gasteiger partial charge in [0.15, 0.2) is 0 Å². The Balaban J connectivity index is 1.62. The summed E-state index contributed by atoms with van der Waals surface area (Å²) in [4.78, 5) is 11.5. The smallest absolute Gasteiger partial charge is 0.319 e. The molecule has 2 amide bonds. The van der Waals surface area contributed by atoms with Crippen molar-refractivity contribution in [3.05, 3.63) is 53.4 Å². The molecule has 4 heteroatoms. The first kappa shape index (κ1) is 12.6. The van der Waals surface area contributed by atoms with Gasteiger partial charge < -0.3 is 5.32 Å². The molecule has 94 valence electrons. The molecule has 3 nitrogen and oxygen atoms in total. The van der Waals surface area contributed by atoms with Crippen LogP contribution in [0.15, 0.2) is 47.8 Å². The molecule has 0 bridgehead atoms. The summed E-state index contributed by atoms with van der Waals surface area (Å²) in [5, 5.41) is 8.44. The number of carbonyl (C=O) groups excluding carboxylic acids is 1. The van der Waals surface area contributed by atoms with Crippen molar-refractivity contribution in [2.75, 3.05) is 11.9 Å². The van der Waals surface area contributed by atoms with Gasteiger partial charge in [-0.25, -0.2) is 4.79 Å². The standard InChI is InChI=1S/C14H16N2OS/c17-14(16-13-9-5-11-18-13)15-10-4-8-12-6-2-1-3-7-12/h1-3,5-7,9,11H,4,8,10H2,(H2,15,16,17). The van der Waals surface area contributed by atoms with Gasteiger partial charge >= 0.3 is 6.03 Å². The highest BCUT2D eigenvalue weighted by molar-refractivity contribution is 7.14. The number of anilines is 1. The Labute approximate surface area is 111 Å². The van der Waals surface area contributed by atoms with Crippen LogP contribution in [0.5, 0.6) is 0 Å². The average molecular weight is 260 g/mol. The molecule has 0 unspecified atom stereocenters. The van der Waals surface area contributed by atoms with Crippen molar-refractivity contribution >= 4 is 22.4 Å². The minimum atomic E-state index is -0.134. The highest BCUT2D eigenvalue weighted by atomic mass is 32.1. The van der Waals surface area contributed by atoms with Gasteiger partial charge in [-0.15, -0.1) is 11.3 Å². The van der Waals surface area contributed by atoms with Crippen molar-refractivity contribution in [2.24, 2.45) is 0 Å². The molecule has 0 spiro atoms. The number of rotatable bonds is 5. The lowest BCUT2D eigenvalue weighted by Crippen LogP contribution is -2.29. The van der Waals surface area contributed by atoms with Gasteiger partial charge in [-0.2, -0.15) is 0 Å². The van der Waals surface area contributed by atoms with E-state index in [0.717, 1.165) is 17.8 Å². The molecule has 1 aromatic heterocycles. The second-order valence-corrected chi connectivity index (χ2v) is 4.90. The van der Waals surface area contributed by atoms with E-state index in [-0.39, 0.29) is 6.03 Å². The lowest BCUT2D eigenvalue weighted by atomic mass is 10.1. The Morgan fingerprint density at radius 2 is 1.94 bits per heavy atom. The lowest BCUT2D eigenvalue weighted by molar-refractivity contribution is 0.252. The van der Waals surface area contributed by atoms with E-state index in [1.807, 2.05) is 35.7 Å². The third-order valence-corrected chi connectivity index (χ3v) is 3.31. The molecule has 0 radical (unpaired) electrons. The number of carbonyl (C=O) groups is 1. The van der Waals surface area contributed by atoms with E-state index < -0.39 is 0 Å². The molecule has 0 saturated carbocycles. The number of hydrogen-bond donors (Lipinski definition) is 2. The van der Waals surface area contributed by atoms with Crippen molar-refractivity contribution in [3.8, 4) is 0 Å². The third kappa shape index (κ3) is 4.22. The fourth-order valence-electron chi connectivity index (χ4n) is 1.64. The quantitative estimate of drug-likeness (QED) is 0.794. The van der Waals surface area contributed by atoms with E-state index >= 15 is 0 Å². The molecule has 0 aliphatic carbocycles. The Hall–Kier alpha value is -1.81. The summed E-state index contributed by atoms with van der Waals surface area (Å²) in [5.74, 6) is 0. The molecule has 2 rings (SSSR count). The maximum atomic E-state index is 11.5. The van der Waals surface area contributed by atoms with Crippen LogP contribution in [0, 0.1) is 0 Å². The molecule has 18 heavy (non-hydrogen) atoms. The molecular weight excluding hydrogens is 244 g/mol. The van der Waals surface area contributed by atoms with E-state index in [4.69, 9.17) is 0 Å². The van der Waals surface area contributed by atoms with Crippen LogP contribution in [0.25, 0.3) is 0 Å². The summed E-state index contributed by atoms with van der Waals surface area (Å²) in [6, 6.07) is 13.9. The van der Waals surface area contributed by atoms with Gasteiger partial charge in [-0.05, 0) is 35.9 Å². The van der Waals surface area contributed by atoms with Gasteiger partial charge in [0.1, 0.15) is 0 Å². The normalized spacial score (nSPS) is 10.0. The molecule has 0 saturated heterocycles. The molecule has 0 fully saturated rings. The predicted molar refractivity (Wildman–Crippen MR) is 76.1 cm³/mol. The minimum Gasteiger partial charge on any atom is -0.338 e. The summed E-state index contributed by atoms with van der Waals surface area (Å²) in [6.07, 6.45) is 1.93. The van der Waals surface area contributed by atoms with Crippen LogP contribution >= 0.6 is 11.3 Å². The Morgan fingerprint density at radius 3 is 2.67 bits per heavy atom. The summed E-state index contributed by atoms with van der Waals surface area (Å²) >= 11 is 1.52. The van der Waals surface area contributed by atoms with Crippen LogP contribution in [-0.4, -0.2) is 12.6 Å². The molecular formula is C14H16N2OS. The number of thiophene rings is 1. The summed E-state index contributed by atoms with van der Waals surface area (Å²) in [7, 11) is 0. The number of urea groups is 1. The van der Waals surface area contributed by atoms with Crippen LogP contribution in [0.4, 0.5) is 9.80 Å². The maximum Gasteiger partial charge on any atom is 0.319 e. The number of nitrogens with one attached hydrogen (secondary N) is 2. The number of amides is 2. The average Bonchev–Trinajstić information content (AvgIpc) is 2.89.